The summed E-state index contributed by atoms with van der Waals surface area (Å²) < 4.78 is 0. The number of amides is 1. The zero-order chi connectivity index (χ0) is 13.9. The summed E-state index contributed by atoms with van der Waals surface area (Å²) in [7, 11) is 0. The summed E-state index contributed by atoms with van der Waals surface area (Å²) in [6, 6.07) is 0. The summed E-state index contributed by atoms with van der Waals surface area (Å²) >= 11 is 0. The van der Waals surface area contributed by atoms with E-state index in [9.17, 15) is 9.59 Å². The van der Waals surface area contributed by atoms with E-state index in [1.54, 1.807) is 0 Å². The second-order valence-corrected chi connectivity index (χ2v) is 6.21. The predicted octanol–water partition coefficient (Wildman–Crippen LogP) is 2.43. The summed E-state index contributed by atoms with van der Waals surface area (Å²) in [5.41, 5.74) is -0.481. The average molecular weight is 255 g/mol. The van der Waals surface area contributed by atoms with Gasteiger partial charge >= 0.3 is 5.97 Å². The average Bonchev–Trinajstić information content (AvgIpc) is 2.11. The van der Waals surface area contributed by atoms with E-state index in [0.29, 0.717) is 0 Å². The monoisotopic (exact) mass is 255 g/mol. The minimum absolute atomic E-state index is 0.0148. The van der Waals surface area contributed by atoms with Gasteiger partial charge in [0, 0.05) is 5.92 Å². The molecule has 4 heteroatoms. The van der Waals surface area contributed by atoms with Crippen molar-refractivity contribution in [3.63, 3.8) is 0 Å². The molecule has 0 aromatic heterocycles. The van der Waals surface area contributed by atoms with Crippen molar-refractivity contribution in [1.29, 1.82) is 0 Å². The standard InChI is InChI=1S/C14H25NO3/c1-9(2)12(10(3)4)13(18)15-14(6-5-7-14)8-11(16)17/h9-10,12H,5-8H2,1-4H3,(H,15,18)(H,16,17). The molecule has 0 bridgehead atoms. The van der Waals surface area contributed by atoms with E-state index in [2.05, 4.69) is 5.32 Å². The lowest BCUT2D eigenvalue weighted by Gasteiger charge is -2.43. The number of carbonyl (C=O) groups excluding carboxylic acids is 1. The Morgan fingerprint density at radius 1 is 1.17 bits per heavy atom. The fourth-order valence-electron chi connectivity index (χ4n) is 2.96. The van der Waals surface area contributed by atoms with Crippen molar-refractivity contribution in [3.05, 3.63) is 0 Å². The molecule has 0 unspecified atom stereocenters. The molecule has 1 aliphatic rings. The number of hydrogen-bond donors (Lipinski definition) is 2. The third kappa shape index (κ3) is 3.47. The maximum absolute atomic E-state index is 12.3. The van der Waals surface area contributed by atoms with Gasteiger partial charge in [0.25, 0.3) is 0 Å². The molecule has 0 radical (unpaired) electrons. The Balaban J connectivity index is 2.69. The van der Waals surface area contributed by atoms with E-state index in [-0.39, 0.29) is 30.1 Å². The van der Waals surface area contributed by atoms with Gasteiger partial charge in [-0.15, -0.1) is 0 Å². The van der Waals surface area contributed by atoms with Crippen LogP contribution in [-0.4, -0.2) is 22.5 Å². The molecule has 1 saturated carbocycles. The van der Waals surface area contributed by atoms with Crippen LogP contribution in [0.25, 0.3) is 0 Å². The van der Waals surface area contributed by atoms with Crippen molar-refractivity contribution in [2.75, 3.05) is 0 Å². The number of carboxylic acid groups (broad SMARTS) is 1. The van der Waals surface area contributed by atoms with Gasteiger partial charge in [-0.1, -0.05) is 27.7 Å². The Bertz CT molecular complexity index is 311. The van der Waals surface area contributed by atoms with Crippen LogP contribution >= 0.6 is 0 Å². The molecule has 0 spiro atoms. The van der Waals surface area contributed by atoms with E-state index in [0.717, 1.165) is 19.3 Å². The molecule has 2 N–H and O–H groups in total. The molecule has 0 saturated heterocycles. The summed E-state index contributed by atoms with van der Waals surface area (Å²) in [6.45, 7) is 8.15. The molecule has 18 heavy (non-hydrogen) atoms. The summed E-state index contributed by atoms with van der Waals surface area (Å²) in [5.74, 6) is -0.322. The van der Waals surface area contributed by atoms with E-state index >= 15 is 0 Å². The Morgan fingerprint density at radius 2 is 1.67 bits per heavy atom. The van der Waals surface area contributed by atoms with E-state index in [4.69, 9.17) is 5.11 Å². The number of carboxylic acids is 1. The molecule has 1 amide bonds. The third-order valence-electron chi connectivity index (χ3n) is 3.93. The van der Waals surface area contributed by atoms with Gasteiger partial charge in [0.2, 0.25) is 5.91 Å². The molecule has 104 valence electrons. The third-order valence-corrected chi connectivity index (χ3v) is 3.93. The van der Waals surface area contributed by atoms with Crippen LogP contribution < -0.4 is 5.32 Å². The molecule has 0 atom stereocenters. The lowest BCUT2D eigenvalue weighted by atomic mass is 9.73. The van der Waals surface area contributed by atoms with Gasteiger partial charge < -0.3 is 10.4 Å². The first-order valence-electron chi connectivity index (χ1n) is 6.81. The highest BCUT2D eigenvalue weighted by atomic mass is 16.4. The summed E-state index contributed by atoms with van der Waals surface area (Å²) in [5, 5.41) is 11.9. The van der Waals surface area contributed by atoms with Gasteiger partial charge in [0.05, 0.1) is 12.0 Å². The smallest absolute Gasteiger partial charge is 0.305 e. The second kappa shape index (κ2) is 5.72. The quantitative estimate of drug-likeness (QED) is 0.766. The molecule has 1 fully saturated rings. The first kappa shape index (κ1) is 15.0. The van der Waals surface area contributed by atoms with E-state index < -0.39 is 11.5 Å². The van der Waals surface area contributed by atoms with Crippen LogP contribution in [0.15, 0.2) is 0 Å². The number of hydrogen-bond acceptors (Lipinski definition) is 2. The van der Waals surface area contributed by atoms with Crippen molar-refractivity contribution in [2.24, 2.45) is 17.8 Å². The second-order valence-electron chi connectivity index (χ2n) is 6.21. The number of aliphatic carboxylic acids is 1. The highest BCUT2D eigenvalue weighted by molar-refractivity contribution is 5.81. The predicted molar refractivity (Wildman–Crippen MR) is 70.1 cm³/mol. The fraction of sp³-hybridized carbons (Fsp3) is 0.857. The van der Waals surface area contributed by atoms with Crippen molar-refractivity contribution < 1.29 is 14.7 Å². The highest BCUT2D eigenvalue weighted by Gasteiger charge is 2.42. The highest BCUT2D eigenvalue weighted by Crippen LogP contribution is 2.36. The van der Waals surface area contributed by atoms with Crippen molar-refractivity contribution in [2.45, 2.75) is 58.9 Å². The normalized spacial score (nSPS) is 17.9. The summed E-state index contributed by atoms with van der Waals surface area (Å²) in [6.07, 6.45) is 2.62. The minimum Gasteiger partial charge on any atom is -0.481 e. The van der Waals surface area contributed by atoms with Gasteiger partial charge in [-0.2, -0.15) is 0 Å². The van der Waals surface area contributed by atoms with Gasteiger partial charge in [-0.3, -0.25) is 9.59 Å². The fourth-order valence-corrected chi connectivity index (χ4v) is 2.96. The Kier molecular flexibility index (Phi) is 4.77. The molecular formula is C14H25NO3. The van der Waals surface area contributed by atoms with Gasteiger partial charge in [-0.25, -0.2) is 0 Å². The maximum Gasteiger partial charge on any atom is 0.305 e. The van der Waals surface area contributed by atoms with Crippen LogP contribution in [0, 0.1) is 17.8 Å². The lowest BCUT2D eigenvalue weighted by molar-refractivity contribution is -0.141. The van der Waals surface area contributed by atoms with Crippen molar-refractivity contribution >= 4 is 11.9 Å². The van der Waals surface area contributed by atoms with Gasteiger partial charge in [0.15, 0.2) is 0 Å². The maximum atomic E-state index is 12.3. The van der Waals surface area contributed by atoms with Crippen LogP contribution in [-0.2, 0) is 9.59 Å². The van der Waals surface area contributed by atoms with Crippen LogP contribution in [0.2, 0.25) is 0 Å². The molecule has 1 rings (SSSR count). The van der Waals surface area contributed by atoms with Gasteiger partial charge in [-0.05, 0) is 31.1 Å². The lowest BCUT2D eigenvalue weighted by Crippen LogP contribution is -2.57. The molecule has 0 aliphatic heterocycles. The SMILES string of the molecule is CC(C)C(C(=O)NC1(CC(=O)O)CCC1)C(C)C. The van der Waals surface area contributed by atoms with Crippen LogP contribution in [0.5, 0.6) is 0 Å². The molecule has 1 aliphatic carbocycles. The van der Waals surface area contributed by atoms with Crippen molar-refractivity contribution in [3.8, 4) is 0 Å². The Hall–Kier alpha value is -1.06. The molecule has 0 aromatic carbocycles. The first-order valence-corrected chi connectivity index (χ1v) is 6.81. The Labute approximate surface area is 109 Å². The number of nitrogens with one attached hydrogen (secondary N) is 1. The molecule has 4 nitrogen and oxygen atoms in total. The van der Waals surface area contributed by atoms with Crippen LogP contribution in [0.1, 0.15) is 53.4 Å². The topological polar surface area (TPSA) is 66.4 Å². The first-order chi connectivity index (χ1) is 8.27. The number of rotatable bonds is 6. The van der Waals surface area contributed by atoms with E-state index in [1.165, 1.54) is 0 Å². The minimum atomic E-state index is -0.833. The molecular weight excluding hydrogens is 230 g/mol. The zero-order valence-electron chi connectivity index (χ0n) is 11.8. The number of carbonyl (C=O) groups is 2. The Morgan fingerprint density at radius 3 is 1.94 bits per heavy atom. The van der Waals surface area contributed by atoms with Gasteiger partial charge in [0.1, 0.15) is 0 Å². The van der Waals surface area contributed by atoms with Crippen LogP contribution in [0.3, 0.4) is 0 Å². The van der Waals surface area contributed by atoms with Crippen LogP contribution in [0.4, 0.5) is 0 Å². The molecule has 0 aromatic rings. The zero-order valence-corrected chi connectivity index (χ0v) is 11.8. The largest absolute Gasteiger partial charge is 0.481 e. The van der Waals surface area contributed by atoms with E-state index in [1.807, 2.05) is 27.7 Å². The van der Waals surface area contributed by atoms with Crippen molar-refractivity contribution in [1.82, 2.24) is 5.32 Å². The summed E-state index contributed by atoms with van der Waals surface area (Å²) in [4.78, 5) is 23.2. The molecule has 0 heterocycles.